The number of nitrogens with zero attached hydrogens (tertiary/aromatic N) is 3. The van der Waals surface area contributed by atoms with Gasteiger partial charge in [0.1, 0.15) is 0 Å². The van der Waals surface area contributed by atoms with Gasteiger partial charge in [-0.25, -0.2) is 9.97 Å². The van der Waals surface area contributed by atoms with Crippen molar-refractivity contribution in [3.05, 3.63) is 84.7 Å². The first-order valence-corrected chi connectivity index (χ1v) is 10.8. The zero-order valence-electron chi connectivity index (χ0n) is 18.0. The molecule has 1 amide bonds. The second kappa shape index (κ2) is 8.30. The van der Waals surface area contributed by atoms with Crippen molar-refractivity contribution in [2.45, 2.75) is 25.8 Å². The monoisotopic (exact) mass is 423 g/mol. The van der Waals surface area contributed by atoms with Crippen LogP contribution in [-0.4, -0.2) is 32.9 Å². The molecule has 6 heteroatoms. The summed E-state index contributed by atoms with van der Waals surface area (Å²) in [5.74, 6) is 0.695. The molecule has 0 radical (unpaired) electrons. The molecule has 0 saturated heterocycles. The molecule has 0 bridgehead atoms. The molecular weight excluding hydrogens is 398 g/mol. The Labute approximate surface area is 187 Å². The second-order valence-corrected chi connectivity index (χ2v) is 8.31. The first-order chi connectivity index (χ1) is 15.6. The van der Waals surface area contributed by atoms with Crippen molar-refractivity contribution in [3.8, 4) is 22.5 Å². The average molecular weight is 424 g/mol. The minimum Gasteiger partial charge on any atom is -0.363 e. The van der Waals surface area contributed by atoms with Gasteiger partial charge in [0.15, 0.2) is 11.5 Å². The first kappa shape index (κ1) is 20.0. The van der Waals surface area contributed by atoms with Gasteiger partial charge in [-0.3, -0.25) is 9.20 Å². The highest BCUT2D eigenvalue weighted by Crippen LogP contribution is 2.28. The van der Waals surface area contributed by atoms with Crippen LogP contribution in [0.1, 0.15) is 30.1 Å². The number of imidazole rings is 1. The third-order valence-corrected chi connectivity index (χ3v) is 5.47. The van der Waals surface area contributed by atoms with Crippen molar-refractivity contribution in [1.29, 1.82) is 0 Å². The summed E-state index contributed by atoms with van der Waals surface area (Å²) in [6.07, 6.45) is 6.00. The number of nitrogens with one attached hydrogen (secondary N) is 2. The van der Waals surface area contributed by atoms with Crippen LogP contribution in [0.15, 0.2) is 79.1 Å². The Morgan fingerprint density at radius 3 is 2.53 bits per heavy atom. The number of benzene rings is 2. The molecule has 2 aromatic heterocycles. The topological polar surface area (TPSA) is 71.3 Å². The van der Waals surface area contributed by atoms with Gasteiger partial charge < -0.3 is 10.6 Å². The van der Waals surface area contributed by atoms with Gasteiger partial charge in [0.2, 0.25) is 0 Å². The van der Waals surface area contributed by atoms with E-state index < -0.39 is 0 Å². The molecule has 1 aliphatic carbocycles. The van der Waals surface area contributed by atoms with Gasteiger partial charge in [0.25, 0.3) is 5.91 Å². The highest BCUT2D eigenvalue weighted by molar-refractivity contribution is 5.95. The van der Waals surface area contributed by atoms with Crippen LogP contribution in [0.25, 0.3) is 28.2 Å². The first-order valence-electron chi connectivity index (χ1n) is 10.8. The van der Waals surface area contributed by atoms with Crippen molar-refractivity contribution in [2.75, 3.05) is 11.9 Å². The van der Waals surface area contributed by atoms with E-state index in [1.165, 1.54) is 0 Å². The van der Waals surface area contributed by atoms with Crippen molar-refractivity contribution < 1.29 is 4.79 Å². The molecule has 1 fully saturated rings. The molecule has 2 aromatic carbocycles. The predicted molar refractivity (Wildman–Crippen MR) is 128 cm³/mol. The summed E-state index contributed by atoms with van der Waals surface area (Å²) in [7, 11) is 0. The summed E-state index contributed by atoms with van der Waals surface area (Å²) in [5.41, 5.74) is 6.23. The number of anilines is 1. The lowest BCUT2D eigenvalue weighted by Crippen LogP contribution is -2.25. The minimum absolute atomic E-state index is 0.0148. The van der Waals surface area contributed by atoms with Crippen LogP contribution in [0, 0.1) is 0 Å². The molecule has 6 nitrogen and oxygen atoms in total. The van der Waals surface area contributed by atoms with E-state index in [1.54, 1.807) is 0 Å². The zero-order chi connectivity index (χ0) is 22.1. The van der Waals surface area contributed by atoms with E-state index >= 15 is 0 Å². The number of carbonyl (C=O) groups is 1. The van der Waals surface area contributed by atoms with Crippen LogP contribution in [0.2, 0.25) is 0 Å². The summed E-state index contributed by atoms with van der Waals surface area (Å²) in [6, 6.07) is 18.1. The van der Waals surface area contributed by atoms with E-state index in [1.807, 2.05) is 73.9 Å². The number of fused-ring (bicyclic) bond motifs is 1. The fraction of sp³-hybridized carbons (Fsp3) is 0.192. The largest absolute Gasteiger partial charge is 0.363 e. The maximum atomic E-state index is 12.3. The Bertz CT molecular complexity index is 1290. The molecular formula is C26H25N5O. The second-order valence-electron chi connectivity index (χ2n) is 8.31. The fourth-order valence-electron chi connectivity index (χ4n) is 3.59. The van der Waals surface area contributed by atoms with Crippen LogP contribution in [0.3, 0.4) is 0 Å². The molecule has 5 rings (SSSR count). The Morgan fingerprint density at radius 2 is 1.84 bits per heavy atom. The molecule has 4 aromatic rings. The lowest BCUT2D eigenvalue weighted by molar-refractivity contribution is 0.0951. The molecule has 2 N–H and O–H groups in total. The molecule has 0 spiro atoms. The van der Waals surface area contributed by atoms with E-state index in [9.17, 15) is 4.79 Å². The molecule has 160 valence electrons. The van der Waals surface area contributed by atoms with Gasteiger partial charge in [-0.05, 0) is 31.9 Å². The van der Waals surface area contributed by atoms with Gasteiger partial charge in [0, 0.05) is 35.5 Å². The lowest BCUT2D eigenvalue weighted by atomic mass is 10.1. The summed E-state index contributed by atoms with van der Waals surface area (Å²) >= 11 is 0. The average Bonchev–Trinajstić information content (AvgIpc) is 3.53. The number of rotatable bonds is 7. The number of hydrogen-bond donors (Lipinski definition) is 2. The summed E-state index contributed by atoms with van der Waals surface area (Å²) in [5, 5.41) is 6.39. The summed E-state index contributed by atoms with van der Waals surface area (Å²) in [4.78, 5) is 21.8. The highest BCUT2D eigenvalue weighted by atomic mass is 16.1. The minimum atomic E-state index is -0.0148. The standard InChI is InChI=1S/C26H25N5O/c1-17(2)14-27-24-25-28-15-23(31(25)16-22(30-24)18-6-4-3-5-7-18)19-8-10-20(11-9-19)26(32)29-21-12-13-21/h3-11,15-16,21H,1,12-14H2,2H3,(H,27,30)(H,29,32). The quantitative estimate of drug-likeness (QED) is 0.413. The van der Waals surface area contributed by atoms with Gasteiger partial charge in [0.05, 0.1) is 17.6 Å². The van der Waals surface area contributed by atoms with Gasteiger partial charge in [-0.1, -0.05) is 54.6 Å². The molecule has 0 atom stereocenters. The summed E-state index contributed by atoms with van der Waals surface area (Å²) in [6.45, 7) is 6.57. The van der Waals surface area contributed by atoms with Crippen molar-refractivity contribution in [1.82, 2.24) is 19.7 Å². The van der Waals surface area contributed by atoms with Crippen molar-refractivity contribution in [2.24, 2.45) is 0 Å². The molecule has 0 unspecified atom stereocenters. The normalized spacial score (nSPS) is 13.2. The smallest absolute Gasteiger partial charge is 0.251 e. The van der Waals surface area contributed by atoms with Gasteiger partial charge in [-0.2, -0.15) is 0 Å². The highest BCUT2D eigenvalue weighted by Gasteiger charge is 2.23. The van der Waals surface area contributed by atoms with Crippen LogP contribution in [0.5, 0.6) is 0 Å². The number of hydrogen-bond acceptors (Lipinski definition) is 4. The van der Waals surface area contributed by atoms with E-state index in [0.29, 0.717) is 24.0 Å². The van der Waals surface area contributed by atoms with Crippen LogP contribution >= 0.6 is 0 Å². The zero-order valence-corrected chi connectivity index (χ0v) is 18.0. The molecule has 0 aliphatic heterocycles. The molecule has 1 saturated carbocycles. The Hall–Kier alpha value is -3.93. The Morgan fingerprint density at radius 1 is 1.09 bits per heavy atom. The van der Waals surface area contributed by atoms with Gasteiger partial charge in [-0.15, -0.1) is 0 Å². The maximum Gasteiger partial charge on any atom is 0.251 e. The number of aromatic nitrogens is 3. The molecule has 32 heavy (non-hydrogen) atoms. The van der Waals surface area contributed by atoms with E-state index in [4.69, 9.17) is 4.98 Å². The summed E-state index contributed by atoms with van der Waals surface area (Å²) < 4.78 is 2.05. The molecule has 1 aliphatic rings. The SMILES string of the molecule is C=C(C)CNc1nc(-c2ccccc2)cn2c(-c3ccc(C(=O)NC4CC4)cc3)cnc12. The van der Waals surface area contributed by atoms with Crippen molar-refractivity contribution >= 4 is 17.4 Å². The van der Waals surface area contributed by atoms with Crippen molar-refractivity contribution in [3.63, 3.8) is 0 Å². The van der Waals surface area contributed by atoms with Crippen LogP contribution < -0.4 is 10.6 Å². The fourth-order valence-corrected chi connectivity index (χ4v) is 3.59. The number of amides is 1. The molecule has 2 heterocycles. The van der Waals surface area contributed by atoms with E-state index in [-0.39, 0.29) is 5.91 Å². The van der Waals surface area contributed by atoms with Crippen LogP contribution in [0.4, 0.5) is 5.82 Å². The lowest BCUT2D eigenvalue weighted by Gasteiger charge is -2.11. The predicted octanol–water partition coefficient (Wildman–Crippen LogP) is 4.94. The number of carbonyl (C=O) groups excluding carboxylic acids is 1. The third-order valence-electron chi connectivity index (χ3n) is 5.47. The maximum absolute atomic E-state index is 12.3. The van der Waals surface area contributed by atoms with E-state index in [0.717, 1.165) is 46.6 Å². The third kappa shape index (κ3) is 4.12. The van der Waals surface area contributed by atoms with Crippen LogP contribution in [-0.2, 0) is 0 Å². The van der Waals surface area contributed by atoms with E-state index in [2.05, 4.69) is 26.6 Å². The van der Waals surface area contributed by atoms with Gasteiger partial charge >= 0.3 is 0 Å². The Balaban J connectivity index is 1.55. The Kier molecular flexibility index (Phi) is 5.19.